The summed E-state index contributed by atoms with van der Waals surface area (Å²) in [5, 5.41) is 7.70. The van der Waals surface area contributed by atoms with Crippen molar-refractivity contribution in [2.24, 2.45) is 0 Å². The highest BCUT2D eigenvalue weighted by atomic mass is 35.5. The molecule has 0 radical (unpaired) electrons. The number of carbonyl (C=O) groups excluding carboxylic acids is 1. The second-order valence-corrected chi connectivity index (χ2v) is 7.24. The maximum Gasteiger partial charge on any atom is 0.267 e. The molecule has 1 N–H and O–H groups in total. The molecule has 0 aliphatic rings. The van der Waals surface area contributed by atoms with Gasteiger partial charge in [0.05, 0.1) is 0 Å². The first-order chi connectivity index (χ1) is 14.6. The topological polar surface area (TPSA) is 90.0 Å². The SMILES string of the molecule is CC[C@@H](C(=O)NCc1ccccc1)n1cnc2onc(-c3ccc(Cl)cc3)c2c1=O. The summed E-state index contributed by atoms with van der Waals surface area (Å²) in [5.74, 6) is -0.255. The summed E-state index contributed by atoms with van der Waals surface area (Å²) >= 11 is 5.95. The minimum atomic E-state index is -0.703. The second-order valence-electron chi connectivity index (χ2n) is 6.80. The normalized spacial score (nSPS) is 12.1. The van der Waals surface area contributed by atoms with Gasteiger partial charge in [-0.25, -0.2) is 4.98 Å². The number of halogens is 1. The summed E-state index contributed by atoms with van der Waals surface area (Å²) in [6.07, 6.45) is 1.76. The Labute approximate surface area is 177 Å². The molecule has 7 nitrogen and oxygen atoms in total. The van der Waals surface area contributed by atoms with Gasteiger partial charge < -0.3 is 9.84 Å². The molecular formula is C22H19ClN4O3. The lowest BCUT2D eigenvalue weighted by Crippen LogP contribution is -2.36. The van der Waals surface area contributed by atoms with Crippen LogP contribution < -0.4 is 10.9 Å². The lowest BCUT2D eigenvalue weighted by Gasteiger charge is -2.17. The zero-order valence-corrected chi connectivity index (χ0v) is 17.0. The molecule has 152 valence electrons. The van der Waals surface area contributed by atoms with Crippen LogP contribution in [0.2, 0.25) is 5.02 Å². The van der Waals surface area contributed by atoms with Crippen molar-refractivity contribution < 1.29 is 9.32 Å². The van der Waals surface area contributed by atoms with Crippen molar-refractivity contribution >= 4 is 28.6 Å². The third-order valence-electron chi connectivity index (χ3n) is 4.87. The molecule has 0 saturated heterocycles. The van der Waals surface area contributed by atoms with E-state index in [2.05, 4.69) is 15.5 Å². The van der Waals surface area contributed by atoms with Gasteiger partial charge in [-0.1, -0.05) is 66.1 Å². The number of benzene rings is 2. The molecule has 0 saturated carbocycles. The van der Waals surface area contributed by atoms with E-state index in [4.69, 9.17) is 16.1 Å². The molecule has 2 heterocycles. The summed E-state index contributed by atoms with van der Waals surface area (Å²) < 4.78 is 6.57. The molecule has 0 unspecified atom stereocenters. The molecule has 2 aromatic heterocycles. The number of nitrogens with one attached hydrogen (secondary N) is 1. The first-order valence-electron chi connectivity index (χ1n) is 9.52. The molecule has 0 spiro atoms. The molecule has 0 fully saturated rings. The van der Waals surface area contributed by atoms with Crippen molar-refractivity contribution in [3.05, 3.63) is 81.9 Å². The Bertz CT molecular complexity index is 1230. The minimum Gasteiger partial charge on any atom is -0.350 e. The van der Waals surface area contributed by atoms with E-state index in [1.165, 1.54) is 10.9 Å². The fourth-order valence-corrected chi connectivity index (χ4v) is 3.42. The molecule has 1 atom stereocenters. The number of aromatic nitrogens is 3. The van der Waals surface area contributed by atoms with Gasteiger partial charge in [-0.15, -0.1) is 0 Å². The first-order valence-corrected chi connectivity index (χ1v) is 9.90. The smallest absolute Gasteiger partial charge is 0.267 e. The second kappa shape index (κ2) is 8.51. The molecule has 30 heavy (non-hydrogen) atoms. The zero-order valence-electron chi connectivity index (χ0n) is 16.2. The number of hydrogen-bond acceptors (Lipinski definition) is 5. The molecule has 0 aliphatic carbocycles. The number of fused-ring (bicyclic) bond motifs is 1. The Balaban J connectivity index is 1.68. The van der Waals surface area contributed by atoms with E-state index in [1.807, 2.05) is 37.3 Å². The van der Waals surface area contributed by atoms with Gasteiger partial charge in [0.1, 0.15) is 23.4 Å². The summed E-state index contributed by atoms with van der Waals surface area (Å²) in [4.78, 5) is 30.3. The molecule has 8 heteroatoms. The average molecular weight is 423 g/mol. The summed E-state index contributed by atoms with van der Waals surface area (Å²) in [6.45, 7) is 2.22. The number of amides is 1. The van der Waals surface area contributed by atoms with Crippen LogP contribution in [0.4, 0.5) is 0 Å². The Morgan fingerprint density at radius 2 is 1.90 bits per heavy atom. The van der Waals surface area contributed by atoms with Crippen LogP contribution in [0.25, 0.3) is 22.4 Å². The number of rotatable bonds is 6. The van der Waals surface area contributed by atoms with Gasteiger partial charge in [-0.3, -0.25) is 14.2 Å². The van der Waals surface area contributed by atoms with E-state index in [0.717, 1.165) is 5.56 Å². The highest BCUT2D eigenvalue weighted by molar-refractivity contribution is 6.30. The van der Waals surface area contributed by atoms with Crippen LogP contribution >= 0.6 is 11.6 Å². The minimum absolute atomic E-state index is 0.126. The fraction of sp³-hybridized carbons (Fsp3) is 0.182. The van der Waals surface area contributed by atoms with Crippen molar-refractivity contribution in [2.75, 3.05) is 0 Å². The number of nitrogens with zero attached hydrogens (tertiary/aromatic N) is 3. The molecule has 4 aromatic rings. The zero-order chi connectivity index (χ0) is 21.1. The number of carbonyl (C=O) groups is 1. The summed E-state index contributed by atoms with van der Waals surface area (Å²) in [6, 6.07) is 15.8. The highest BCUT2D eigenvalue weighted by Gasteiger charge is 2.24. The van der Waals surface area contributed by atoms with Crippen molar-refractivity contribution in [2.45, 2.75) is 25.9 Å². The lowest BCUT2D eigenvalue weighted by atomic mass is 10.1. The summed E-state index contributed by atoms with van der Waals surface area (Å²) in [7, 11) is 0. The van der Waals surface area contributed by atoms with E-state index in [-0.39, 0.29) is 22.6 Å². The lowest BCUT2D eigenvalue weighted by molar-refractivity contribution is -0.124. The van der Waals surface area contributed by atoms with E-state index in [9.17, 15) is 9.59 Å². The van der Waals surface area contributed by atoms with Gasteiger partial charge in [0.15, 0.2) is 0 Å². The van der Waals surface area contributed by atoms with Crippen molar-refractivity contribution in [3.8, 4) is 11.3 Å². The average Bonchev–Trinajstić information content (AvgIpc) is 3.20. The predicted molar refractivity (Wildman–Crippen MR) is 114 cm³/mol. The van der Waals surface area contributed by atoms with Crippen molar-refractivity contribution in [3.63, 3.8) is 0 Å². The van der Waals surface area contributed by atoms with Crippen LogP contribution in [0.1, 0.15) is 24.9 Å². The van der Waals surface area contributed by atoms with Crippen LogP contribution in [0.3, 0.4) is 0 Å². The third kappa shape index (κ3) is 3.84. The number of hydrogen-bond donors (Lipinski definition) is 1. The van der Waals surface area contributed by atoms with Crippen molar-refractivity contribution in [1.82, 2.24) is 20.0 Å². The molecule has 0 bridgehead atoms. The largest absolute Gasteiger partial charge is 0.350 e. The van der Waals surface area contributed by atoms with E-state index < -0.39 is 6.04 Å². The predicted octanol–water partition coefficient (Wildman–Crippen LogP) is 3.97. The van der Waals surface area contributed by atoms with Gasteiger partial charge in [0.2, 0.25) is 5.91 Å². The first kappa shape index (κ1) is 19.8. The standard InChI is InChI=1S/C22H19ClN4O3/c1-2-17(20(28)24-12-14-6-4-3-5-7-14)27-13-25-21-18(22(27)29)19(26-30-21)15-8-10-16(23)11-9-15/h3-11,13,17H,2,12H2,1H3,(H,24,28)/t17-/m0/s1. The van der Waals surface area contributed by atoms with Crippen LogP contribution in [0.15, 0.2) is 70.2 Å². The Hall–Kier alpha value is -3.45. The Morgan fingerprint density at radius 1 is 1.17 bits per heavy atom. The molecule has 0 aliphatic heterocycles. The summed E-state index contributed by atoms with van der Waals surface area (Å²) in [5.41, 5.74) is 1.77. The maximum atomic E-state index is 13.2. The van der Waals surface area contributed by atoms with Crippen LogP contribution in [0.5, 0.6) is 0 Å². The molecule has 2 aromatic carbocycles. The maximum absolute atomic E-state index is 13.2. The molecular weight excluding hydrogens is 404 g/mol. The fourth-order valence-electron chi connectivity index (χ4n) is 3.30. The highest BCUT2D eigenvalue weighted by Crippen LogP contribution is 2.26. The van der Waals surface area contributed by atoms with Gasteiger partial charge in [0.25, 0.3) is 11.3 Å². The Morgan fingerprint density at radius 3 is 2.60 bits per heavy atom. The molecule has 1 amide bonds. The Kier molecular flexibility index (Phi) is 5.63. The molecule has 4 rings (SSSR count). The van der Waals surface area contributed by atoms with E-state index in [1.54, 1.807) is 24.3 Å². The van der Waals surface area contributed by atoms with E-state index >= 15 is 0 Å². The van der Waals surface area contributed by atoms with E-state index in [0.29, 0.717) is 29.2 Å². The quantitative estimate of drug-likeness (QED) is 0.507. The third-order valence-corrected chi connectivity index (χ3v) is 5.13. The van der Waals surface area contributed by atoms with Crippen LogP contribution in [0, 0.1) is 0 Å². The van der Waals surface area contributed by atoms with Crippen molar-refractivity contribution in [1.29, 1.82) is 0 Å². The van der Waals surface area contributed by atoms with Crippen LogP contribution in [-0.4, -0.2) is 20.6 Å². The monoisotopic (exact) mass is 422 g/mol. The van der Waals surface area contributed by atoms with Gasteiger partial charge in [-0.05, 0) is 24.1 Å². The van der Waals surface area contributed by atoms with Gasteiger partial charge >= 0.3 is 0 Å². The van der Waals surface area contributed by atoms with Gasteiger partial charge in [-0.2, -0.15) is 0 Å². The van der Waals surface area contributed by atoms with Crippen LogP contribution in [-0.2, 0) is 11.3 Å². The van der Waals surface area contributed by atoms with Gasteiger partial charge in [0, 0.05) is 17.1 Å².